The van der Waals surface area contributed by atoms with Crippen LogP contribution in [0, 0.1) is 18.7 Å². The number of halogens is 1. The highest BCUT2D eigenvalue weighted by Crippen LogP contribution is 2.24. The number of pyridine rings is 1. The first kappa shape index (κ1) is 11.8. The van der Waals surface area contributed by atoms with E-state index in [1.54, 1.807) is 13.0 Å². The van der Waals surface area contributed by atoms with Crippen LogP contribution in [0.3, 0.4) is 0 Å². The monoisotopic (exact) mass is 232 g/mol. The van der Waals surface area contributed by atoms with E-state index >= 15 is 0 Å². The predicted molar refractivity (Wildman–Crippen MR) is 69.4 cm³/mol. The molecule has 2 nitrogen and oxygen atoms in total. The van der Waals surface area contributed by atoms with Crippen molar-refractivity contribution in [3.05, 3.63) is 35.3 Å². The molecule has 2 aromatic rings. The Kier molecular flexibility index (Phi) is 3.01. The summed E-state index contributed by atoms with van der Waals surface area (Å²) in [6.45, 7) is 5.98. The molecule has 0 amide bonds. The first-order valence-electron chi connectivity index (χ1n) is 5.82. The van der Waals surface area contributed by atoms with Crippen molar-refractivity contribution >= 4 is 16.6 Å². The smallest absolute Gasteiger partial charge is 0.128 e. The molecule has 0 spiro atoms. The van der Waals surface area contributed by atoms with Crippen LogP contribution in [-0.4, -0.2) is 4.98 Å². The summed E-state index contributed by atoms with van der Waals surface area (Å²) in [5, 5.41) is 0.830. The Balaban J connectivity index is 2.60. The number of benzene rings is 1. The fraction of sp³-hybridized carbons (Fsp3) is 0.357. The number of aryl methyl sites for hydroxylation is 1. The molecule has 2 rings (SSSR count). The fourth-order valence-corrected chi connectivity index (χ4v) is 1.96. The zero-order chi connectivity index (χ0) is 12.6. The highest BCUT2D eigenvalue weighted by Gasteiger charge is 2.08. The molecular weight excluding hydrogens is 215 g/mol. The lowest BCUT2D eigenvalue weighted by Crippen LogP contribution is -2.01. The van der Waals surface area contributed by atoms with Crippen molar-refractivity contribution in [1.82, 2.24) is 4.98 Å². The number of nitrogens with zero attached hydrogens (tertiary/aromatic N) is 1. The minimum atomic E-state index is -0.230. The molecule has 0 saturated carbocycles. The number of rotatable bonds is 2. The molecule has 0 radical (unpaired) electrons. The van der Waals surface area contributed by atoms with E-state index in [2.05, 4.69) is 18.8 Å². The maximum Gasteiger partial charge on any atom is 0.128 e. The minimum absolute atomic E-state index is 0.230. The average molecular weight is 232 g/mol. The Labute approximate surface area is 101 Å². The first-order chi connectivity index (χ1) is 7.97. The largest absolute Gasteiger partial charge is 0.398 e. The minimum Gasteiger partial charge on any atom is -0.398 e. The molecule has 0 bridgehead atoms. The van der Waals surface area contributed by atoms with E-state index < -0.39 is 0 Å². The zero-order valence-electron chi connectivity index (χ0n) is 10.4. The maximum absolute atomic E-state index is 13.5. The second-order valence-electron chi connectivity index (χ2n) is 4.92. The summed E-state index contributed by atoms with van der Waals surface area (Å²) < 4.78 is 13.5. The van der Waals surface area contributed by atoms with Gasteiger partial charge in [0.15, 0.2) is 0 Å². The van der Waals surface area contributed by atoms with Crippen molar-refractivity contribution in [2.24, 2.45) is 5.92 Å². The van der Waals surface area contributed by atoms with Crippen molar-refractivity contribution in [3.8, 4) is 0 Å². The third-order valence-electron chi connectivity index (χ3n) is 2.79. The molecule has 90 valence electrons. The predicted octanol–water partition coefficient (Wildman–Crippen LogP) is 3.46. The van der Waals surface area contributed by atoms with E-state index in [1.807, 2.05) is 6.07 Å². The van der Waals surface area contributed by atoms with Crippen molar-refractivity contribution in [1.29, 1.82) is 0 Å². The molecular formula is C14H17FN2. The van der Waals surface area contributed by atoms with Gasteiger partial charge in [0.2, 0.25) is 0 Å². The van der Waals surface area contributed by atoms with Gasteiger partial charge in [-0.15, -0.1) is 0 Å². The van der Waals surface area contributed by atoms with Crippen LogP contribution < -0.4 is 5.73 Å². The van der Waals surface area contributed by atoms with Gasteiger partial charge >= 0.3 is 0 Å². The Bertz CT molecular complexity index is 562. The maximum atomic E-state index is 13.5. The Morgan fingerprint density at radius 1 is 1.29 bits per heavy atom. The van der Waals surface area contributed by atoms with Crippen molar-refractivity contribution in [2.75, 3.05) is 5.73 Å². The standard InChI is InChI=1S/C14H17FN2/c1-8(2)4-10-6-13(16)11-5-9(3)12(15)7-14(11)17-10/h5-8H,4H2,1-3H3,(H2,16,17). The van der Waals surface area contributed by atoms with Crippen molar-refractivity contribution in [3.63, 3.8) is 0 Å². The van der Waals surface area contributed by atoms with Gasteiger partial charge in [-0.3, -0.25) is 4.98 Å². The molecule has 0 aliphatic carbocycles. The Morgan fingerprint density at radius 2 is 2.00 bits per heavy atom. The number of aromatic nitrogens is 1. The van der Waals surface area contributed by atoms with E-state index in [4.69, 9.17) is 5.73 Å². The van der Waals surface area contributed by atoms with Crippen LogP contribution in [0.25, 0.3) is 10.9 Å². The van der Waals surface area contributed by atoms with Gasteiger partial charge in [0, 0.05) is 22.8 Å². The number of nitrogen functional groups attached to an aromatic ring is 1. The molecule has 0 atom stereocenters. The van der Waals surface area contributed by atoms with Crippen molar-refractivity contribution < 1.29 is 4.39 Å². The summed E-state index contributed by atoms with van der Waals surface area (Å²) in [5.41, 5.74) is 8.83. The topological polar surface area (TPSA) is 38.9 Å². The van der Waals surface area contributed by atoms with Crippen LogP contribution in [0.5, 0.6) is 0 Å². The normalized spacial score (nSPS) is 11.4. The third kappa shape index (κ3) is 2.38. The molecule has 0 aliphatic rings. The second kappa shape index (κ2) is 4.32. The van der Waals surface area contributed by atoms with Gasteiger partial charge in [0.1, 0.15) is 5.82 Å². The summed E-state index contributed by atoms with van der Waals surface area (Å²) in [5.74, 6) is 0.278. The van der Waals surface area contributed by atoms with Gasteiger partial charge in [-0.05, 0) is 37.0 Å². The van der Waals surface area contributed by atoms with Crippen LogP contribution in [-0.2, 0) is 6.42 Å². The average Bonchev–Trinajstić information content (AvgIpc) is 2.20. The van der Waals surface area contributed by atoms with Crippen LogP contribution in [0.1, 0.15) is 25.1 Å². The highest BCUT2D eigenvalue weighted by molar-refractivity contribution is 5.90. The summed E-state index contributed by atoms with van der Waals surface area (Å²) in [6.07, 6.45) is 0.857. The van der Waals surface area contributed by atoms with Gasteiger partial charge in [0.05, 0.1) is 5.52 Å². The van der Waals surface area contributed by atoms with Crippen LogP contribution >= 0.6 is 0 Å². The molecule has 0 saturated heterocycles. The summed E-state index contributed by atoms with van der Waals surface area (Å²) in [7, 11) is 0. The fourth-order valence-electron chi connectivity index (χ4n) is 1.96. The highest BCUT2D eigenvalue weighted by atomic mass is 19.1. The van der Waals surface area contributed by atoms with E-state index in [-0.39, 0.29) is 5.82 Å². The lowest BCUT2D eigenvalue weighted by Gasteiger charge is -2.09. The summed E-state index contributed by atoms with van der Waals surface area (Å²) in [6, 6.07) is 5.11. The SMILES string of the molecule is Cc1cc2c(N)cc(CC(C)C)nc2cc1F. The number of hydrogen-bond donors (Lipinski definition) is 1. The van der Waals surface area contributed by atoms with Gasteiger partial charge in [0.25, 0.3) is 0 Å². The van der Waals surface area contributed by atoms with Gasteiger partial charge < -0.3 is 5.73 Å². The van der Waals surface area contributed by atoms with Crippen LogP contribution in [0.15, 0.2) is 18.2 Å². The van der Waals surface area contributed by atoms with Crippen LogP contribution in [0.4, 0.5) is 10.1 Å². The Morgan fingerprint density at radius 3 is 2.65 bits per heavy atom. The number of nitrogens with two attached hydrogens (primary N) is 1. The second-order valence-corrected chi connectivity index (χ2v) is 4.92. The molecule has 1 aromatic heterocycles. The number of fused-ring (bicyclic) bond motifs is 1. The first-order valence-corrected chi connectivity index (χ1v) is 5.82. The molecule has 2 N–H and O–H groups in total. The molecule has 0 aliphatic heterocycles. The molecule has 17 heavy (non-hydrogen) atoms. The Hall–Kier alpha value is -1.64. The molecule has 1 aromatic carbocycles. The van der Waals surface area contributed by atoms with Gasteiger partial charge in [-0.1, -0.05) is 13.8 Å². The van der Waals surface area contributed by atoms with Gasteiger partial charge in [-0.25, -0.2) is 4.39 Å². The summed E-state index contributed by atoms with van der Waals surface area (Å²) in [4.78, 5) is 4.46. The van der Waals surface area contributed by atoms with Crippen molar-refractivity contribution in [2.45, 2.75) is 27.2 Å². The third-order valence-corrected chi connectivity index (χ3v) is 2.79. The molecule has 1 heterocycles. The van der Waals surface area contributed by atoms with E-state index in [0.717, 1.165) is 17.5 Å². The lowest BCUT2D eigenvalue weighted by atomic mass is 10.0. The molecule has 0 unspecified atom stereocenters. The summed E-state index contributed by atoms with van der Waals surface area (Å²) >= 11 is 0. The number of anilines is 1. The van der Waals surface area contributed by atoms with Crippen LogP contribution in [0.2, 0.25) is 0 Å². The quantitative estimate of drug-likeness (QED) is 0.861. The van der Waals surface area contributed by atoms with E-state index in [1.165, 1.54) is 6.07 Å². The number of hydrogen-bond acceptors (Lipinski definition) is 2. The molecule has 0 fully saturated rings. The molecule has 3 heteroatoms. The lowest BCUT2D eigenvalue weighted by molar-refractivity contribution is 0.619. The zero-order valence-corrected chi connectivity index (χ0v) is 10.4. The van der Waals surface area contributed by atoms with E-state index in [0.29, 0.717) is 22.7 Å². The van der Waals surface area contributed by atoms with Gasteiger partial charge in [-0.2, -0.15) is 0 Å². The van der Waals surface area contributed by atoms with E-state index in [9.17, 15) is 4.39 Å².